The average Bonchev–Trinajstić information content (AvgIpc) is 3.18. The van der Waals surface area contributed by atoms with Crippen molar-refractivity contribution in [2.75, 3.05) is 13.1 Å². The number of aromatic nitrogens is 2. The third-order valence-electron chi connectivity index (χ3n) is 4.80. The number of nitrogens with zero attached hydrogens (tertiary/aromatic N) is 4. The number of aliphatic imine (C=N–C) groups is 1. The van der Waals surface area contributed by atoms with Crippen LogP contribution in [0.4, 0.5) is 0 Å². The number of carbonyl (C=O) groups is 1. The summed E-state index contributed by atoms with van der Waals surface area (Å²) in [5, 5.41) is 5.91. The van der Waals surface area contributed by atoms with Gasteiger partial charge in [0.25, 0.3) is 5.91 Å². The fraction of sp³-hybridized carbons (Fsp3) is 0.350. The Bertz CT molecular complexity index is 914. The maximum absolute atomic E-state index is 12.4. The number of halogens is 1. The first-order valence-electron chi connectivity index (χ1n) is 9.16. The van der Waals surface area contributed by atoms with Gasteiger partial charge in [-0.05, 0) is 49.6 Å². The molecule has 5 nitrogen and oxygen atoms in total. The van der Waals surface area contributed by atoms with Crippen LogP contribution in [-0.2, 0) is 11.3 Å². The van der Waals surface area contributed by atoms with Gasteiger partial charge >= 0.3 is 0 Å². The molecule has 0 atom stereocenters. The van der Waals surface area contributed by atoms with Crippen molar-refractivity contribution < 1.29 is 4.79 Å². The number of likely N-dealkylation sites (tertiary alicyclic amines) is 1. The number of hydrogen-bond donors (Lipinski definition) is 0. The van der Waals surface area contributed by atoms with E-state index in [4.69, 9.17) is 11.6 Å². The van der Waals surface area contributed by atoms with Gasteiger partial charge < -0.3 is 4.90 Å². The lowest BCUT2D eigenvalue weighted by Crippen LogP contribution is -2.33. The third-order valence-corrected chi connectivity index (χ3v) is 6.24. The second-order valence-corrected chi connectivity index (χ2v) is 8.16. The quantitative estimate of drug-likeness (QED) is 0.719. The Balaban J connectivity index is 1.55. The Hall–Kier alpha value is -2.05. The molecule has 27 heavy (non-hydrogen) atoms. The van der Waals surface area contributed by atoms with Crippen LogP contribution in [0.2, 0.25) is 5.15 Å². The minimum atomic E-state index is -0.188. The van der Waals surface area contributed by atoms with Crippen LogP contribution in [0.3, 0.4) is 0 Å². The predicted molar refractivity (Wildman–Crippen MR) is 111 cm³/mol. The summed E-state index contributed by atoms with van der Waals surface area (Å²) in [6.07, 6.45) is 5.40. The summed E-state index contributed by atoms with van der Waals surface area (Å²) >= 11 is 8.02. The number of amides is 1. The lowest BCUT2D eigenvalue weighted by atomic mass is 10.1. The first-order chi connectivity index (χ1) is 13.1. The van der Waals surface area contributed by atoms with Crippen molar-refractivity contribution in [2.24, 2.45) is 4.99 Å². The molecule has 0 unspecified atom stereocenters. The number of thioether (sulfide) groups is 1. The molecule has 0 saturated carbocycles. The summed E-state index contributed by atoms with van der Waals surface area (Å²) in [6.45, 7) is 4.46. The van der Waals surface area contributed by atoms with Gasteiger partial charge in [-0.25, -0.2) is 4.68 Å². The number of rotatable bonds is 3. The molecule has 0 radical (unpaired) electrons. The summed E-state index contributed by atoms with van der Waals surface area (Å²) < 4.78 is 1.77. The minimum Gasteiger partial charge on any atom is -0.351 e. The zero-order valence-electron chi connectivity index (χ0n) is 15.2. The summed E-state index contributed by atoms with van der Waals surface area (Å²) in [5.41, 5.74) is 2.73. The SMILES string of the molecule is Cc1nn(Cc2ccccc2)c(Cl)c1/C=C1\SC(N2CCCCC2)=NC1=O. The Morgan fingerprint density at radius 3 is 2.67 bits per heavy atom. The zero-order chi connectivity index (χ0) is 18.8. The first kappa shape index (κ1) is 18.3. The zero-order valence-corrected chi connectivity index (χ0v) is 16.8. The van der Waals surface area contributed by atoms with Crippen molar-refractivity contribution in [3.8, 4) is 0 Å². The van der Waals surface area contributed by atoms with Crippen molar-refractivity contribution in [1.82, 2.24) is 14.7 Å². The number of hydrogen-bond acceptors (Lipinski definition) is 4. The summed E-state index contributed by atoms with van der Waals surface area (Å²) in [6, 6.07) is 10.1. The molecule has 1 amide bonds. The van der Waals surface area contributed by atoms with E-state index >= 15 is 0 Å². The van der Waals surface area contributed by atoms with Gasteiger partial charge in [0.2, 0.25) is 0 Å². The Morgan fingerprint density at radius 1 is 1.19 bits per heavy atom. The number of piperidine rings is 1. The van der Waals surface area contributed by atoms with Crippen molar-refractivity contribution in [3.63, 3.8) is 0 Å². The van der Waals surface area contributed by atoms with E-state index in [9.17, 15) is 4.79 Å². The van der Waals surface area contributed by atoms with Crippen LogP contribution in [-0.4, -0.2) is 38.8 Å². The molecule has 0 bridgehead atoms. The molecule has 2 aromatic rings. The molecule has 0 spiro atoms. The molecule has 1 saturated heterocycles. The Labute approximate surface area is 168 Å². The van der Waals surface area contributed by atoms with Gasteiger partial charge in [0, 0.05) is 18.7 Å². The first-order valence-corrected chi connectivity index (χ1v) is 10.4. The summed E-state index contributed by atoms with van der Waals surface area (Å²) in [7, 11) is 0. The fourth-order valence-corrected chi connectivity index (χ4v) is 4.58. The molecule has 7 heteroatoms. The molecule has 1 aromatic heterocycles. The summed E-state index contributed by atoms with van der Waals surface area (Å²) in [5.74, 6) is -0.188. The van der Waals surface area contributed by atoms with E-state index in [1.807, 2.05) is 43.3 Å². The van der Waals surface area contributed by atoms with E-state index in [0.29, 0.717) is 16.6 Å². The molecule has 2 aliphatic rings. The number of carbonyl (C=O) groups excluding carboxylic acids is 1. The van der Waals surface area contributed by atoms with Crippen LogP contribution >= 0.6 is 23.4 Å². The van der Waals surface area contributed by atoms with Crippen LogP contribution in [0, 0.1) is 6.92 Å². The molecular formula is C20H21ClN4OS. The van der Waals surface area contributed by atoms with E-state index in [-0.39, 0.29) is 5.91 Å². The normalized spacial score (nSPS) is 19.0. The topological polar surface area (TPSA) is 50.5 Å². The van der Waals surface area contributed by atoms with Gasteiger partial charge in [-0.2, -0.15) is 10.1 Å². The second-order valence-electron chi connectivity index (χ2n) is 6.79. The largest absolute Gasteiger partial charge is 0.351 e. The van der Waals surface area contributed by atoms with Gasteiger partial charge in [0.05, 0.1) is 17.1 Å². The van der Waals surface area contributed by atoms with E-state index in [1.54, 1.807) is 4.68 Å². The minimum absolute atomic E-state index is 0.188. The van der Waals surface area contributed by atoms with Gasteiger partial charge in [0.15, 0.2) is 5.17 Å². The summed E-state index contributed by atoms with van der Waals surface area (Å²) in [4.78, 5) is 19.4. The Kier molecular flexibility index (Phi) is 5.36. The molecule has 0 aliphatic carbocycles. The van der Waals surface area contributed by atoms with Crippen molar-refractivity contribution >= 4 is 40.5 Å². The van der Waals surface area contributed by atoms with E-state index < -0.39 is 0 Å². The lowest BCUT2D eigenvalue weighted by molar-refractivity contribution is -0.113. The highest BCUT2D eigenvalue weighted by atomic mass is 35.5. The van der Waals surface area contributed by atoms with Crippen LogP contribution in [0.15, 0.2) is 40.2 Å². The van der Waals surface area contributed by atoms with Gasteiger partial charge in [-0.1, -0.05) is 41.9 Å². The molecule has 1 fully saturated rings. The van der Waals surface area contributed by atoms with E-state index in [0.717, 1.165) is 47.9 Å². The monoisotopic (exact) mass is 400 g/mol. The maximum atomic E-state index is 12.4. The molecular weight excluding hydrogens is 380 g/mol. The van der Waals surface area contributed by atoms with Gasteiger partial charge in [0.1, 0.15) is 5.15 Å². The highest BCUT2D eigenvalue weighted by Crippen LogP contribution is 2.33. The van der Waals surface area contributed by atoms with Crippen LogP contribution < -0.4 is 0 Å². The van der Waals surface area contributed by atoms with Crippen molar-refractivity contribution in [3.05, 3.63) is 57.2 Å². The van der Waals surface area contributed by atoms with Crippen molar-refractivity contribution in [1.29, 1.82) is 0 Å². The number of aryl methyl sites for hydroxylation is 1. The Morgan fingerprint density at radius 2 is 1.93 bits per heavy atom. The third kappa shape index (κ3) is 3.96. The van der Waals surface area contributed by atoms with Crippen LogP contribution in [0.25, 0.3) is 6.08 Å². The highest BCUT2D eigenvalue weighted by molar-refractivity contribution is 8.18. The highest BCUT2D eigenvalue weighted by Gasteiger charge is 2.27. The van der Waals surface area contributed by atoms with E-state index in [1.165, 1.54) is 18.2 Å². The predicted octanol–water partition coefficient (Wildman–Crippen LogP) is 4.35. The fourth-order valence-electron chi connectivity index (χ4n) is 3.34. The van der Waals surface area contributed by atoms with Crippen molar-refractivity contribution in [2.45, 2.75) is 32.7 Å². The molecule has 2 aliphatic heterocycles. The van der Waals surface area contributed by atoms with Gasteiger partial charge in [-0.3, -0.25) is 4.79 Å². The van der Waals surface area contributed by atoms with Gasteiger partial charge in [-0.15, -0.1) is 0 Å². The second kappa shape index (κ2) is 7.90. The molecule has 0 N–H and O–H groups in total. The average molecular weight is 401 g/mol. The van der Waals surface area contributed by atoms with Crippen LogP contribution in [0.1, 0.15) is 36.1 Å². The maximum Gasteiger partial charge on any atom is 0.286 e. The molecule has 1 aromatic carbocycles. The lowest BCUT2D eigenvalue weighted by Gasteiger charge is -2.27. The van der Waals surface area contributed by atoms with Crippen LogP contribution in [0.5, 0.6) is 0 Å². The standard InChI is InChI=1S/C20H21ClN4OS/c1-14-16(18(21)25(23-14)13-15-8-4-2-5-9-15)12-17-19(26)22-20(27-17)24-10-6-3-7-11-24/h2,4-5,8-9,12H,3,6-7,10-11,13H2,1H3/b17-12-. The number of amidine groups is 1. The molecule has 3 heterocycles. The number of benzene rings is 1. The smallest absolute Gasteiger partial charge is 0.286 e. The molecule has 140 valence electrons. The van der Waals surface area contributed by atoms with E-state index in [2.05, 4.69) is 15.0 Å². The molecule has 4 rings (SSSR count).